The molecule has 0 fully saturated rings. The van der Waals surface area contributed by atoms with E-state index < -0.39 is 0 Å². The van der Waals surface area contributed by atoms with Crippen molar-refractivity contribution in [3.05, 3.63) is 36.9 Å². The Morgan fingerprint density at radius 3 is 2.80 bits per heavy atom. The summed E-state index contributed by atoms with van der Waals surface area (Å²) in [7, 11) is 6.11. The van der Waals surface area contributed by atoms with Crippen LogP contribution < -0.4 is 4.90 Å². The van der Waals surface area contributed by atoms with Crippen LogP contribution in [0, 0.1) is 0 Å². The number of nitrogens with zero attached hydrogens (tertiary/aromatic N) is 7. The zero-order valence-corrected chi connectivity index (χ0v) is 14.5. The minimum Gasteiger partial charge on any atom is -0.343 e. The SMILES string of the molecule is CN(C)CCN(C)c1ncc2ncn(-c3ccc4cn[nH]c4c3)c2n1. The van der Waals surface area contributed by atoms with Crippen LogP contribution in [0.15, 0.2) is 36.9 Å². The van der Waals surface area contributed by atoms with E-state index >= 15 is 0 Å². The molecular formula is C17H20N8. The van der Waals surface area contributed by atoms with E-state index in [1.165, 1.54) is 0 Å². The van der Waals surface area contributed by atoms with Crippen LogP contribution in [0.5, 0.6) is 0 Å². The van der Waals surface area contributed by atoms with Crippen molar-refractivity contribution in [3.8, 4) is 5.69 Å². The van der Waals surface area contributed by atoms with Crippen molar-refractivity contribution in [2.75, 3.05) is 39.1 Å². The van der Waals surface area contributed by atoms with Crippen LogP contribution in [0.2, 0.25) is 0 Å². The van der Waals surface area contributed by atoms with Gasteiger partial charge in [0.1, 0.15) is 11.8 Å². The summed E-state index contributed by atoms with van der Waals surface area (Å²) in [5.74, 6) is 0.693. The highest BCUT2D eigenvalue weighted by molar-refractivity contribution is 5.81. The highest BCUT2D eigenvalue weighted by Crippen LogP contribution is 2.21. The summed E-state index contributed by atoms with van der Waals surface area (Å²) < 4.78 is 1.97. The number of H-pyrrole nitrogens is 1. The van der Waals surface area contributed by atoms with E-state index in [0.29, 0.717) is 5.95 Å². The largest absolute Gasteiger partial charge is 0.343 e. The molecule has 3 aromatic heterocycles. The molecule has 1 N–H and O–H groups in total. The smallest absolute Gasteiger partial charge is 0.227 e. The molecule has 25 heavy (non-hydrogen) atoms. The van der Waals surface area contributed by atoms with Crippen molar-refractivity contribution in [3.63, 3.8) is 0 Å². The van der Waals surface area contributed by atoms with Crippen LogP contribution in [0.1, 0.15) is 0 Å². The molecule has 0 aliphatic heterocycles. The number of rotatable bonds is 5. The van der Waals surface area contributed by atoms with Gasteiger partial charge in [-0.15, -0.1) is 0 Å². The Kier molecular flexibility index (Phi) is 3.81. The molecule has 3 heterocycles. The molecule has 0 saturated carbocycles. The van der Waals surface area contributed by atoms with E-state index in [4.69, 9.17) is 4.98 Å². The van der Waals surface area contributed by atoms with Gasteiger partial charge < -0.3 is 9.80 Å². The quantitative estimate of drug-likeness (QED) is 0.597. The zero-order valence-electron chi connectivity index (χ0n) is 14.5. The lowest BCUT2D eigenvalue weighted by Crippen LogP contribution is -2.29. The molecule has 1 aromatic carbocycles. The lowest BCUT2D eigenvalue weighted by atomic mass is 10.2. The molecule has 8 heteroatoms. The van der Waals surface area contributed by atoms with Gasteiger partial charge in [0, 0.05) is 25.5 Å². The first kappa shape index (κ1) is 15.5. The fourth-order valence-electron chi connectivity index (χ4n) is 2.70. The van der Waals surface area contributed by atoms with Crippen LogP contribution in [0.3, 0.4) is 0 Å². The van der Waals surface area contributed by atoms with E-state index in [9.17, 15) is 0 Å². The minimum absolute atomic E-state index is 0.693. The topological polar surface area (TPSA) is 78.8 Å². The number of aromatic amines is 1. The Morgan fingerprint density at radius 2 is 1.96 bits per heavy atom. The summed E-state index contributed by atoms with van der Waals surface area (Å²) in [4.78, 5) is 17.8. The van der Waals surface area contributed by atoms with E-state index in [1.54, 1.807) is 12.5 Å². The van der Waals surface area contributed by atoms with Crippen molar-refractivity contribution in [2.24, 2.45) is 0 Å². The van der Waals surface area contributed by atoms with E-state index in [-0.39, 0.29) is 0 Å². The fraction of sp³-hybridized carbons (Fsp3) is 0.294. The lowest BCUT2D eigenvalue weighted by Gasteiger charge is -2.19. The van der Waals surface area contributed by atoms with Crippen molar-refractivity contribution >= 4 is 28.0 Å². The third-order valence-corrected chi connectivity index (χ3v) is 4.21. The maximum atomic E-state index is 4.73. The molecule has 128 valence electrons. The van der Waals surface area contributed by atoms with Gasteiger partial charge in [-0.2, -0.15) is 10.1 Å². The van der Waals surface area contributed by atoms with Gasteiger partial charge in [-0.3, -0.25) is 9.67 Å². The molecule has 0 radical (unpaired) electrons. The predicted molar refractivity (Wildman–Crippen MR) is 98.1 cm³/mol. The van der Waals surface area contributed by atoms with Gasteiger partial charge in [0.2, 0.25) is 5.95 Å². The molecular weight excluding hydrogens is 316 g/mol. The molecule has 0 amide bonds. The predicted octanol–water partition coefficient (Wildman–Crippen LogP) is 1.69. The molecule has 0 spiro atoms. The molecule has 0 unspecified atom stereocenters. The minimum atomic E-state index is 0.693. The number of fused-ring (bicyclic) bond motifs is 2. The van der Waals surface area contributed by atoms with E-state index in [2.05, 4.69) is 44.1 Å². The standard InChI is InChI=1S/C17H20N8/c1-23(2)6-7-24(3)17-18-10-15-16(21-17)25(11-19-15)13-5-4-12-9-20-22-14(12)8-13/h4-5,8-11H,6-7H2,1-3H3,(H,20,22). The van der Waals surface area contributed by atoms with Gasteiger partial charge in [-0.05, 0) is 32.3 Å². The van der Waals surface area contributed by atoms with Gasteiger partial charge in [-0.1, -0.05) is 0 Å². The average molecular weight is 336 g/mol. The monoisotopic (exact) mass is 336 g/mol. The number of aromatic nitrogens is 6. The summed E-state index contributed by atoms with van der Waals surface area (Å²) >= 11 is 0. The van der Waals surface area contributed by atoms with Gasteiger partial charge in [0.25, 0.3) is 0 Å². The second kappa shape index (κ2) is 6.14. The molecule has 4 rings (SSSR count). The fourth-order valence-corrected chi connectivity index (χ4v) is 2.70. The molecule has 0 aliphatic rings. The van der Waals surface area contributed by atoms with Gasteiger partial charge >= 0.3 is 0 Å². The second-order valence-corrected chi connectivity index (χ2v) is 6.36. The number of imidazole rings is 1. The number of benzene rings is 1. The summed E-state index contributed by atoms with van der Waals surface area (Å²) in [6.07, 6.45) is 5.36. The van der Waals surface area contributed by atoms with Crippen LogP contribution in [0.4, 0.5) is 5.95 Å². The average Bonchev–Trinajstić information content (AvgIpc) is 3.24. The van der Waals surface area contributed by atoms with Crippen molar-refractivity contribution < 1.29 is 0 Å². The van der Waals surface area contributed by atoms with Gasteiger partial charge in [0.05, 0.1) is 23.6 Å². The summed E-state index contributed by atoms with van der Waals surface area (Å²) in [5, 5.41) is 8.15. The highest BCUT2D eigenvalue weighted by atomic mass is 15.3. The number of hydrogen-bond donors (Lipinski definition) is 1. The molecule has 0 atom stereocenters. The number of hydrogen-bond acceptors (Lipinski definition) is 6. The number of nitrogens with one attached hydrogen (secondary N) is 1. The number of likely N-dealkylation sites (N-methyl/N-ethyl adjacent to an activating group) is 2. The highest BCUT2D eigenvalue weighted by Gasteiger charge is 2.11. The van der Waals surface area contributed by atoms with Crippen molar-refractivity contribution in [1.82, 2.24) is 34.6 Å². The van der Waals surface area contributed by atoms with Gasteiger partial charge in [0.15, 0.2) is 5.65 Å². The maximum absolute atomic E-state index is 4.73. The molecule has 0 aliphatic carbocycles. The summed E-state index contributed by atoms with van der Waals surface area (Å²) in [5.41, 5.74) is 3.53. The Balaban J connectivity index is 1.73. The van der Waals surface area contributed by atoms with Gasteiger partial charge in [-0.25, -0.2) is 9.97 Å². The Hall–Kier alpha value is -3.00. The van der Waals surface area contributed by atoms with Crippen LogP contribution >= 0.6 is 0 Å². The lowest BCUT2D eigenvalue weighted by molar-refractivity contribution is 0.415. The zero-order chi connectivity index (χ0) is 17.4. The number of anilines is 1. The van der Waals surface area contributed by atoms with Crippen molar-refractivity contribution in [2.45, 2.75) is 0 Å². The molecule has 8 nitrogen and oxygen atoms in total. The van der Waals surface area contributed by atoms with E-state index in [1.807, 2.05) is 36.0 Å². The maximum Gasteiger partial charge on any atom is 0.227 e. The van der Waals surface area contributed by atoms with E-state index in [0.717, 1.165) is 40.8 Å². The second-order valence-electron chi connectivity index (χ2n) is 6.36. The Bertz CT molecular complexity index is 1020. The Labute approximate surface area is 145 Å². The normalized spacial score (nSPS) is 11.7. The molecule has 0 bridgehead atoms. The van der Waals surface area contributed by atoms with Crippen LogP contribution in [0.25, 0.3) is 27.8 Å². The third kappa shape index (κ3) is 2.91. The first-order valence-corrected chi connectivity index (χ1v) is 8.11. The summed E-state index contributed by atoms with van der Waals surface area (Å²) in [6, 6.07) is 6.11. The first-order valence-electron chi connectivity index (χ1n) is 8.11. The third-order valence-electron chi connectivity index (χ3n) is 4.21. The molecule has 0 saturated heterocycles. The summed E-state index contributed by atoms with van der Waals surface area (Å²) in [6.45, 7) is 1.79. The van der Waals surface area contributed by atoms with Crippen LogP contribution in [-0.2, 0) is 0 Å². The van der Waals surface area contributed by atoms with Crippen LogP contribution in [-0.4, -0.2) is 68.8 Å². The first-order chi connectivity index (χ1) is 12.1. The molecule has 4 aromatic rings. The Morgan fingerprint density at radius 1 is 1.08 bits per heavy atom. The van der Waals surface area contributed by atoms with Crippen molar-refractivity contribution in [1.29, 1.82) is 0 Å².